The van der Waals surface area contributed by atoms with Crippen molar-refractivity contribution in [2.45, 2.75) is 25.3 Å². The van der Waals surface area contributed by atoms with Crippen molar-refractivity contribution in [3.8, 4) is 0 Å². The number of rotatable bonds is 3. The molecule has 21 heavy (non-hydrogen) atoms. The number of nitrogens with two attached hydrogens (primary N) is 1. The summed E-state index contributed by atoms with van der Waals surface area (Å²) in [5.74, 6) is -3.65. The first kappa shape index (κ1) is 17.1. The van der Waals surface area contributed by atoms with E-state index < -0.39 is 11.9 Å². The molecule has 4 N–H and O–H groups in total. The summed E-state index contributed by atoms with van der Waals surface area (Å²) in [6.45, 7) is 3.53. The predicted octanol–water partition coefficient (Wildman–Crippen LogP) is 0.808. The summed E-state index contributed by atoms with van der Waals surface area (Å²) in [6.07, 6.45) is 3.49. The first-order valence-electron chi connectivity index (χ1n) is 6.97. The zero-order valence-electron chi connectivity index (χ0n) is 11.9. The van der Waals surface area contributed by atoms with Gasteiger partial charge in [-0.25, -0.2) is 9.59 Å². The summed E-state index contributed by atoms with van der Waals surface area (Å²) in [7, 11) is 0. The van der Waals surface area contributed by atoms with Crippen LogP contribution >= 0.6 is 0 Å². The van der Waals surface area contributed by atoms with Crippen LogP contribution in [0.4, 0.5) is 0 Å². The molecule has 0 radical (unpaired) electrons. The Morgan fingerprint density at radius 2 is 1.62 bits per heavy atom. The van der Waals surface area contributed by atoms with E-state index >= 15 is 0 Å². The Kier molecular flexibility index (Phi) is 7.42. The fraction of sp³-hybridized carbons (Fsp3) is 0.467. The van der Waals surface area contributed by atoms with Crippen LogP contribution in [-0.2, 0) is 16.0 Å². The molecule has 0 aliphatic carbocycles. The highest BCUT2D eigenvalue weighted by Gasteiger charge is 2.15. The van der Waals surface area contributed by atoms with Gasteiger partial charge in [0.15, 0.2) is 0 Å². The first-order valence-corrected chi connectivity index (χ1v) is 6.97. The van der Waals surface area contributed by atoms with Crippen molar-refractivity contribution >= 4 is 11.9 Å². The third-order valence-corrected chi connectivity index (χ3v) is 3.37. The minimum atomic E-state index is -1.82. The number of carboxylic acid groups (broad SMARTS) is 2. The van der Waals surface area contributed by atoms with E-state index in [9.17, 15) is 0 Å². The molecule has 0 atom stereocenters. The highest BCUT2D eigenvalue weighted by molar-refractivity contribution is 6.27. The Labute approximate surface area is 124 Å². The molecule has 6 heteroatoms. The SMILES string of the molecule is NC1CCN(CCc2ccccc2)CC1.O=C(O)C(=O)O. The number of piperidine rings is 1. The number of carbonyl (C=O) groups is 2. The Balaban J connectivity index is 0.000000315. The Morgan fingerprint density at radius 3 is 2.10 bits per heavy atom. The van der Waals surface area contributed by atoms with E-state index in [1.807, 2.05) is 0 Å². The fourth-order valence-electron chi connectivity index (χ4n) is 2.11. The summed E-state index contributed by atoms with van der Waals surface area (Å²) >= 11 is 0. The van der Waals surface area contributed by atoms with Crippen molar-refractivity contribution in [3.05, 3.63) is 35.9 Å². The molecule has 1 heterocycles. The van der Waals surface area contributed by atoms with Crippen molar-refractivity contribution in [1.29, 1.82) is 0 Å². The molecule has 0 aromatic heterocycles. The van der Waals surface area contributed by atoms with Gasteiger partial charge in [0.1, 0.15) is 0 Å². The van der Waals surface area contributed by atoms with Gasteiger partial charge in [0, 0.05) is 12.6 Å². The summed E-state index contributed by atoms with van der Waals surface area (Å²) in [5.41, 5.74) is 7.31. The lowest BCUT2D eigenvalue weighted by Gasteiger charge is -2.29. The molecule has 0 saturated carbocycles. The van der Waals surface area contributed by atoms with Crippen molar-refractivity contribution in [2.24, 2.45) is 5.73 Å². The number of hydrogen-bond acceptors (Lipinski definition) is 4. The first-order chi connectivity index (χ1) is 9.99. The minimum Gasteiger partial charge on any atom is -0.473 e. The van der Waals surface area contributed by atoms with E-state index in [4.69, 9.17) is 25.5 Å². The second kappa shape index (κ2) is 9.10. The summed E-state index contributed by atoms with van der Waals surface area (Å²) in [5, 5.41) is 14.8. The lowest BCUT2D eigenvalue weighted by molar-refractivity contribution is -0.159. The molecule has 6 nitrogen and oxygen atoms in total. The third-order valence-electron chi connectivity index (χ3n) is 3.37. The molecule has 1 fully saturated rings. The van der Waals surface area contributed by atoms with Crippen LogP contribution < -0.4 is 5.73 Å². The van der Waals surface area contributed by atoms with Crippen LogP contribution in [-0.4, -0.2) is 52.7 Å². The number of nitrogens with zero attached hydrogens (tertiary/aromatic N) is 1. The number of likely N-dealkylation sites (tertiary alicyclic amines) is 1. The third kappa shape index (κ3) is 7.43. The van der Waals surface area contributed by atoms with E-state index in [2.05, 4.69) is 35.2 Å². The van der Waals surface area contributed by atoms with Gasteiger partial charge in [0.05, 0.1) is 0 Å². The van der Waals surface area contributed by atoms with Gasteiger partial charge in [0.25, 0.3) is 0 Å². The maximum atomic E-state index is 9.10. The second-order valence-electron chi connectivity index (χ2n) is 5.02. The summed E-state index contributed by atoms with van der Waals surface area (Å²) in [4.78, 5) is 20.7. The topological polar surface area (TPSA) is 104 Å². The summed E-state index contributed by atoms with van der Waals surface area (Å²) in [6, 6.07) is 11.1. The van der Waals surface area contributed by atoms with Crippen LogP contribution in [0.15, 0.2) is 30.3 Å². The van der Waals surface area contributed by atoms with Crippen molar-refractivity contribution < 1.29 is 19.8 Å². The van der Waals surface area contributed by atoms with Crippen LogP contribution in [0, 0.1) is 0 Å². The highest BCUT2D eigenvalue weighted by Crippen LogP contribution is 2.09. The molecule has 0 unspecified atom stereocenters. The van der Waals surface area contributed by atoms with Crippen molar-refractivity contribution in [3.63, 3.8) is 0 Å². The Morgan fingerprint density at radius 1 is 1.10 bits per heavy atom. The van der Waals surface area contributed by atoms with Crippen LogP contribution in [0.25, 0.3) is 0 Å². The number of benzene rings is 1. The molecule has 1 aromatic carbocycles. The molecular formula is C15H22N2O4. The zero-order valence-corrected chi connectivity index (χ0v) is 11.9. The largest absolute Gasteiger partial charge is 0.473 e. The molecule has 1 saturated heterocycles. The van der Waals surface area contributed by atoms with Crippen LogP contribution in [0.5, 0.6) is 0 Å². The van der Waals surface area contributed by atoms with Gasteiger partial charge in [-0.05, 0) is 37.9 Å². The highest BCUT2D eigenvalue weighted by atomic mass is 16.4. The molecule has 1 aliphatic heterocycles. The lowest BCUT2D eigenvalue weighted by atomic mass is 10.1. The van der Waals surface area contributed by atoms with Gasteiger partial charge in [-0.3, -0.25) is 0 Å². The molecule has 2 rings (SSSR count). The van der Waals surface area contributed by atoms with E-state index in [1.165, 1.54) is 25.2 Å². The molecule has 0 amide bonds. The average Bonchev–Trinajstić information content (AvgIpc) is 2.48. The van der Waals surface area contributed by atoms with E-state index in [-0.39, 0.29) is 0 Å². The quantitative estimate of drug-likeness (QED) is 0.713. The molecular weight excluding hydrogens is 272 g/mol. The molecule has 1 aromatic rings. The minimum absolute atomic E-state index is 0.443. The summed E-state index contributed by atoms with van der Waals surface area (Å²) < 4.78 is 0. The smallest absolute Gasteiger partial charge is 0.414 e. The Hall–Kier alpha value is -1.92. The van der Waals surface area contributed by atoms with Crippen LogP contribution in [0.1, 0.15) is 18.4 Å². The maximum Gasteiger partial charge on any atom is 0.414 e. The van der Waals surface area contributed by atoms with E-state index in [1.54, 1.807) is 0 Å². The van der Waals surface area contributed by atoms with Gasteiger partial charge in [-0.2, -0.15) is 0 Å². The molecule has 0 bridgehead atoms. The van der Waals surface area contributed by atoms with E-state index in [0.29, 0.717) is 6.04 Å². The second-order valence-corrected chi connectivity index (χ2v) is 5.02. The van der Waals surface area contributed by atoms with Gasteiger partial charge in [0.2, 0.25) is 0 Å². The van der Waals surface area contributed by atoms with Crippen LogP contribution in [0.2, 0.25) is 0 Å². The van der Waals surface area contributed by atoms with Gasteiger partial charge >= 0.3 is 11.9 Å². The maximum absolute atomic E-state index is 9.10. The normalized spacial score (nSPS) is 15.9. The van der Waals surface area contributed by atoms with Crippen molar-refractivity contribution in [2.75, 3.05) is 19.6 Å². The number of carboxylic acids is 2. The van der Waals surface area contributed by atoms with E-state index in [0.717, 1.165) is 19.3 Å². The van der Waals surface area contributed by atoms with Crippen molar-refractivity contribution in [1.82, 2.24) is 4.90 Å². The molecule has 1 aliphatic rings. The fourth-order valence-corrected chi connectivity index (χ4v) is 2.11. The monoisotopic (exact) mass is 294 g/mol. The standard InChI is InChI=1S/C13H20N2.C2H2O4/c14-13-7-10-15(11-8-13)9-6-12-4-2-1-3-5-12;3-1(4)2(5)6/h1-5,13H,6-11,14H2;(H,3,4)(H,5,6). The lowest BCUT2D eigenvalue weighted by Crippen LogP contribution is -2.40. The number of aliphatic carboxylic acids is 2. The molecule has 116 valence electrons. The Bertz CT molecular complexity index is 430. The van der Waals surface area contributed by atoms with Crippen LogP contribution in [0.3, 0.4) is 0 Å². The zero-order chi connectivity index (χ0) is 15.7. The predicted molar refractivity (Wildman–Crippen MR) is 79.1 cm³/mol. The molecule has 0 spiro atoms. The number of hydrogen-bond donors (Lipinski definition) is 3. The van der Waals surface area contributed by atoms with Gasteiger partial charge in [-0.15, -0.1) is 0 Å². The van der Waals surface area contributed by atoms with Gasteiger partial charge < -0.3 is 20.8 Å². The average molecular weight is 294 g/mol. The van der Waals surface area contributed by atoms with Gasteiger partial charge in [-0.1, -0.05) is 30.3 Å².